The summed E-state index contributed by atoms with van der Waals surface area (Å²) in [6, 6.07) is 1.78. The molecule has 0 unspecified atom stereocenters. The molecule has 0 atom stereocenters. The number of rotatable bonds is 7. The van der Waals surface area contributed by atoms with E-state index in [0.717, 1.165) is 29.1 Å². The Bertz CT molecular complexity index is 743. The maximum atomic E-state index is 12.3. The Balaban J connectivity index is 1.46. The fourth-order valence-corrected chi connectivity index (χ4v) is 3.56. The molecule has 1 aliphatic carbocycles. The average Bonchev–Trinajstić information content (AvgIpc) is 3.20. The van der Waals surface area contributed by atoms with Crippen molar-refractivity contribution in [3.05, 3.63) is 23.1 Å². The Morgan fingerprint density at radius 3 is 2.81 bits per heavy atom. The van der Waals surface area contributed by atoms with Crippen LogP contribution >= 0.6 is 0 Å². The highest BCUT2D eigenvalue weighted by molar-refractivity contribution is 5.93. The molecule has 0 saturated heterocycles. The van der Waals surface area contributed by atoms with Crippen molar-refractivity contribution in [3.63, 3.8) is 0 Å². The molecule has 2 aromatic heterocycles. The predicted molar refractivity (Wildman–Crippen MR) is 100 cm³/mol. The third-order valence-electron chi connectivity index (χ3n) is 5.10. The number of hydrogen-bond donors (Lipinski definition) is 2. The maximum absolute atomic E-state index is 12.3. The van der Waals surface area contributed by atoms with E-state index in [1.807, 2.05) is 25.6 Å². The van der Waals surface area contributed by atoms with Crippen molar-refractivity contribution in [1.29, 1.82) is 0 Å². The van der Waals surface area contributed by atoms with Crippen LogP contribution in [-0.2, 0) is 11.8 Å². The van der Waals surface area contributed by atoms with Gasteiger partial charge >= 0.3 is 0 Å². The summed E-state index contributed by atoms with van der Waals surface area (Å²) in [5.41, 5.74) is 4.13. The quantitative estimate of drug-likeness (QED) is 0.745. The topological polar surface area (TPSA) is 84.8 Å². The standard InChI is InChI=1S/C19H29N5O2/c1-13-18(14(2)24(3)23-13)16-12-17(22-21-16)19(25)20-10-7-11-26-15-8-5-4-6-9-15/h12,15H,4-11H2,1-3H3,(H,20,25)(H,21,22). The Hall–Kier alpha value is -2.15. The summed E-state index contributed by atoms with van der Waals surface area (Å²) < 4.78 is 7.71. The Labute approximate surface area is 154 Å². The SMILES string of the molecule is Cc1nn(C)c(C)c1-c1cc(C(=O)NCCCOC2CCCCC2)[nH]n1. The van der Waals surface area contributed by atoms with E-state index < -0.39 is 0 Å². The molecule has 1 aliphatic rings. The lowest BCUT2D eigenvalue weighted by Crippen LogP contribution is -2.26. The highest BCUT2D eigenvalue weighted by Crippen LogP contribution is 2.25. The van der Waals surface area contributed by atoms with E-state index in [4.69, 9.17) is 4.74 Å². The van der Waals surface area contributed by atoms with Gasteiger partial charge in [-0.15, -0.1) is 0 Å². The first-order valence-electron chi connectivity index (χ1n) is 9.52. The van der Waals surface area contributed by atoms with Gasteiger partial charge in [0.25, 0.3) is 5.91 Å². The van der Waals surface area contributed by atoms with Gasteiger partial charge in [0.15, 0.2) is 0 Å². The van der Waals surface area contributed by atoms with Crippen LogP contribution in [0.4, 0.5) is 0 Å². The summed E-state index contributed by atoms with van der Waals surface area (Å²) in [7, 11) is 1.90. The van der Waals surface area contributed by atoms with Gasteiger partial charge in [0, 0.05) is 31.5 Å². The molecule has 7 heteroatoms. The normalized spacial score (nSPS) is 15.3. The largest absolute Gasteiger partial charge is 0.378 e. The first kappa shape index (κ1) is 18.6. The smallest absolute Gasteiger partial charge is 0.269 e. The fourth-order valence-electron chi connectivity index (χ4n) is 3.56. The summed E-state index contributed by atoms with van der Waals surface area (Å²) in [5, 5.41) is 14.4. The van der Waals surface area contributed by atoms with Gasteiger partial charge in [-0.1, -0.05) is 19.3 Å². The summed E-state index contributed by atoms with van der Waals surface area (Å²) in [5.74, 6) is -0.138. The molecular weight excluding hydrogens is 330 g/mol. The molecule has 2 heterocycles. The van der Waals surface area contributed by atoms with Crippen LogP contribution in [-0.4, -0.2) is 45.1 Å². The van der Waals surface area contributed by atoms with E-state index in [0.29, 0.717) is 24.9 Å². The summed E-state index contributed by atoms with van der Waals surface area (Å²) in [6.07, 6.45) is 7.48. The zero-order valence-corrected chi connectivity index (χ0v) is 16.0. The third-order valence-corrected chi connectivity index (χ3v) is 5.10. The number of hydrogen-bond acceptors (Lipinski definition) is 4. The molecule has 0 aliphatic heterocycles. The second-order valence-electron chi connectivity index (χ2n) is 7.08. The van der Waals surface area contributed by atoms with Gasteiger partial charge < -0.3 is 10.1 Å². The van der Waals surface area contributed by atoms with Crippen LogP contribution in [0.1, 0.15) is 60.4 Å². The molecule has 0 radical (unpaired) electrons. The molecule has 0 bridgehead atoms. The molecule has 3 rings (SSSR count). The van der Waals surface area contributed by atoms with Crippen LogP contribution in [0, 0.1) is 13.8 Å². The first-order chi connectivity index (χ1) is 12.6. The van der Waals surface area contributed by atoms with Crippen molar-refractivity contribution >= 4 is 5.91 Å². The van der Waals surface area contributed by atoms with E-state index in [2.05, 4.69) is 20.6 Å². The van der Waals surface area contributed by atoms with E-state index in [-0.39, 0.29) is 5.91 Å². The molecule has 2 N–H and O–H groups in total. The van der Waals surface area contributed by atoms with Crippen molar-refractivity contribution in [2.75, 3.05) is 13.2 Å². The van der Waals surface area contributed by atoms with Crippen LogP contribution in [0.25, 0.3) is 11.3 Å². The number of carbonyl (C=O) groups is 1. The number of carbonyl (C=O) groups excluding carboxylic acids is 1. The number of H-pyrrole nitrogens is 1. The Kier molecular flexibility index (Phi) is 6.08. The van der Waals surface area contributed by atoms with Crippen molar-refractivity contribution in [3.8, 4) is 11.3 Å². The van der Waals surface area contributed by atoms with Gasteiger partial charge in [-0.25, -0.2) is 0 Å². The van der Waals surface area contributed by atoms with Gasteiger partial charge in [-0.05, 0) is 39.2 Å². The Morgan fingerprint density at radius 1 is 1.35 bits per heavy atom. The molecule has 0 aromatic carbocycles. The van der Waals surface area contributed by atoms with E-state index >= 15 is 0 Å². The van der Waals surface area contributed by atoms with Gasteiger partial charge in [0.2, 0.25) is 0 Å². The van der Waals surface area contributed by atoms with Crippen molar-refractivity contribution in [1.82, 2.24) is 25.3 Å². The van der Waals surface area contributed by atoms with E-state index in [9.17, 15) is 4.79 Å². The highest BCUT2D eigenvalue weighted by atomic mass is 16.5. The lowest BCUT2D eigenvalue weighted by atomic mass is 9.98. The van der Waals surface area contributed by atoms with Crippen molar-refractivity contribution < 1.29 is 9.53 Å². The molecule has 1 saturated carbocycles. The first-order valence-corrected chi connectivity index (χ1v) is 9.52. The monoisotopic (exact) mass is 359 g/mol. The second kappa shape index (κ2) is 8.49. The van der Waals surface area contributed by atoms with Gasteiger partial charge in [-0.3, -0.25) is 14.6 Å². The lowest BCUT2D eigenvalue weighted by Gasteiger charge is -2.21. The van der Waals surface area contributed by atoms with Gasteiger partial charge in [0.1, 0.15) is 5.69 Å². The van der Waals surface area contributed by atoms with Crippen molar-refractivity contribution in [2.24, 2.45) is 7.05 Å². The van der Waals surface area contributed by atoms with Gasteiger partial charge in [0.05, 0.1) is 17.5 Å². The number of amides is 1. The molecule has 0 spiro atoms. The zero-order chi connectivity index (χ0) is 18.5. The Morgan fingerprint density at radius 2 is 2.12 bits per heavy atom. The van der Waals surface area contributed by atoms with Crippen LogP contribution < -0.4 is 5.32 Å². The van der Waals surface area contributed by atoms with Crippen molar-refractivity contribution in [2.45, 2.75) is 58.5 Å². The molecule has 1 amide bonds. The second-order valence-corrected chi connectivity index (χ2v) is 7.08. The molecule has 1 fully saturated rings. The minimum atomic E-state index is -0.138. The van der Waals surface area contributed by atoms with E-state index in [1.165, 1.54) is 32.1 Å². The fraction of sp³-hybridized carbons (Fsp3) is 0.632. The number of nitrogens with one attached hydrogen (secondary N) is 2. The number of ether oxygens (including phenoxy) is 1. The molecule has 7 nitrogen and oxygen atoms in total. The molecule has 26 heavy (non-hydrogen) atoms. The summed E-state index contributed by atoms with van der Waals surface area (Å²) in [6.45, 7) is 5.25. The molecule has 2 aromatic rings. The molecule has 142 valence electrons. The predicted octanol–water partition coefficient (Wildman–Crippen LogP) is 2.90. The molecular formula is C19H29N5O2. The number of aromatic amines is 1. The van der Waals surface area contributed by atoms with E-state index in [1.54, 1.807) is 6.07 Å². The number of aryl methyl sites for hydroxylation is 2. The van der Waals surface area contributed by atoms with Crippen LogP contribution in [0.15, 0.2) is 6.07 Å². The van der Waals surface area contributed by atoms with Gasteiger partial charge in [-0.2, -0.15) is 10.2 Å². The third kappa shape index (κ3) is 4.33. The minimum absolute atomic E-state index is 0.138. The van der Waals surface area contributed by atoms with Crippen LogP contribution in [0.3, 0.4) is 0 Å². The highest BCUT2D eigenvalue weighted by Gasteiger charge is 2.17. The van der Waals surface area contributed by atoms with Crippen LogP contribution in [0.2, 0.25) is 0 Å². The summed E-state index contributed by atoms with van der Waals surface area (Å²) >= 11 is 0. The lowest BCUT2D eigenvalue weighted by molar-refractivity contribution is 0.0273. The number of aromatic nitrogens is 4. The van der Waals surface area contributed by atoms with Crippen LogP contribution in [0.5, 0.6) is 0 Å². The zero-order valence-electron chi connectivity index (χ0n) is 16.0. The maximum Gasteiger partial charge on any atom is 0.269 e. The summed E-state index contributed by atoms with van der Waals surface area (Å²) in [4.78, 5) is 12.3. The number of nitrogens with zero attached hydrogens (tertiary/aromatic N) is 3. The minimum Gasteiger partial charge on any atom is -0.378 e. The average molecular weight is 359 g/mol.